The molecule has 2 aromatic heterocycles. The van der Waals surface area contributed by atoms with E-state index in [1.165, 1.54) is 0 Å². The Balaban J connectivity index is 1.38. The lowest BCUT2D eigenvalue weighted by molar-refractivity contribution is -0.131. The lowest BCUT2D eigenvalue weighted by Crippen LogP contribution is -2.33. The molecule has 24 heavy (non-hydrogen) atoms. The lowest BCUT2D eigenvalue weighted by atomic mass is 10.2. The Labute approximate surface area is 139 Å². The Morgan fingerprint density at radius 3 is 3.00 bits per heavy atom. The van der Waals surface area contributed by atoms with Gasteiger partial charge in [0.05, 0.1) is 12.1 Å². The van der Waals surface area contributed by atoms with E-state index in [-0.39, 0.29) is 18.6 Å². The number of ether oxygens (including phenoxy) is 1. The molecule has 0 N–H and O–H groups in total. The zero-order valence-corrected chi connectivity index (χ0v) is 13.2. The molecule has 6 heteroatoms. The molecule has 122 valence electrons. The topological polar surface area (TPSA) is 60.2 Å². The number of carbonyl (C=O) groups is 1. The number of nitrogens with zero attached hydrogens (tertiary/aromatic N) is 4. The third-order valence-corrected chi connectivity index (χ3v) is 4.21. The van der Waals surface area contributed by atoms with Gasteiger partial charge in [0.15, 0.2) is 0 Å². The number of rotatable bonds is 4. The minimum absolute atomic E-state index is 0.0137. The SMILES string of the molecule is O=C(Cn1cccn1)N1CCC(Oc2ccc3ccccc3n2)C1. The highest BCUT2D eigenvalue weighted by Crippen LogP contribution is 2.20. The Kier molecular flexibility index (Phi) is 3.86. The quantitative estimate of drug-likeness (QED) is 0.738. The smallest absolute Gasteiger partial charge is 0.244 e. The second-order valence-corrected chi connectivity index (χ2v) is 5.91. The fourth-order valence-electron chi connectivity index (χ4n) is 2.97. The number of para-hydroxylation sites is 1. The number of amides is 1. The molecule has 0 aliphatic carbocycles. The predicted molar refractivity (Wildman–Crippen MR) is 89.6 cm³/mol. The summed E-state index contributed by atoms with van der Waals surface area (Å²) in [6.07, 6.45) is 4.27. The minimum Gasteiger partial charge on any atom is -0.472 e. The van der Waals surface area contributed by atoms with Crippen molar-refractivity contribution in [3.05, 3.63) is 54.9 Å². The van der Waals surface area contributed by atoms with E-state index in [1.807, 2.05) is 47.4 Å². The first-order valence-corrected chi connectivity index (χ1v) is 8.05. The average molecular weight is 322 g/mol. The van der Waals surface area contributed by atoms with Gasteiger partial charge >= 0.3 is 0 Å². The third-order valence-electron chi connectivity index (χ3n) is 4.21. The summed E-state index contributed by atoms with van der Waals surface area (Å²) in [4.78, 5) is 18.6. The van der Waals surface area contributed by atoms with Crippen molar-refractivity contribution in [1.29, 1.82) is 0 Å². The monoisotopic (exact) mass is 322 g/mol. The van der Waals surface area contributed by atoms with Gasteiger partial charge in [0.2, 0.25) is 11.8 Å². The first-order chi connectivity index (χ1) is 11.8. The minimum atomic E-state index is -0.0137. The first-order valence-electron chi connectivity index (χ1n) is 8.05. The summed E-state index contributed by atoms with van der Waals surface area (Å²) in [5.41, 5.74) is 0.916. The van der Waals surface area contributed by atoms with Crippen LogP contribution in [0.1, 0.15) is 6.42 Å². The normalized spacial score (nSPS) is 17.3. The highest BCUT2D eigenvalue weighted by atomic mass is 16.5. The Morgan fingerprint density at radius 1 is 1.21 bits per heavy atom. The summed E-state index contributed by atoms with van der Waals surface area (Å²) in [5, 5.41) is 5.16. The summed E-state index contributed by atoms with van der Waals surface area (Å²) in [5.74, 6) is 0.677. The van der Waals surface area contributed by atoms with Crippen LogP contribution in [0.3, 0.4) is 0 Å². The summed E-state index contributed by atoms with van der Waals surface area (Å²) >= 11 is 0. The van der Waals surface area contributed by atoms with Gasteiger partial charge < -0.3 is 9.64 Å². The van der Waals surface area contributed by atoms with E-state index >= 15 is 0 Å². The summed E-state index contributed by atoms with van der Waals surface area (Å²) < 4.78 is 7.61. The van der Waals surface area contributed by atoms with E-state index in [1.54, 1.807) is 17.1 Å². The number of hydrogen-bond donors (Lipinski definition) is 0. The van der Waals surface area contributed by atoms with Crippen molar-refractivity contribution in [2.45, 2.75) is 19.1 Å². The number of carbonyl (C=O) groups excluding carboxylic acids is 1. The van der Waals surface area contributed by atoms with E-state index in [0.29, 0.717) is 19.0 Å². The summed E-state index contributed by atoms with van der Waals surface area (Å²) in [7, 11) is 0. The van der Waals surface area contributed by atoms with Crippen LogP contribution in [0, 0.1) is 0 Å². The van der Waals surface area contributed by atoms with Gasteiger partial charge in [0.25, 0.3) is 0 Å². The maximum Gasteiger partial charge on any atom is 0.244 e. The zero-order valence-electron chi connectivity index (χ0n) is 13.2. The van der Waals surface area contributed by atoms with Crippen LogP contribution >= 0.6 is 0 Å². The number of likely N-dealkylation sites (tertiary alicyclic amines) is 1. The second kappa shape index (κ2) is 6.31. The number of benzene rings is 1. The van der Waals surface area contributed by atoms with Crippen molar-refractivity contribution < 1.29 is 9.53 Å². The third kappa shape index (κ3) is 3.08. The van der Waals surface area contributed by atoms with Gasteiger partial charge in [-0.25, -0.2) is 4.98 Å². The van der Waals surface area contributed by atoms with Crippen molar-refractivity contribution in [1.82, 2.24) is 19.7 Å². The van der Waals surface area contributed by atoms with Crippen LogP contribution in [0.15, 0.2) is 54.9 Å². The number of fused-ring (bicyclic) bond motifs is 1. The van der Waals surface area contributed by atoms with Crippen LogP contribution in [0.4, 0.5) is 0 Å². The predicted octanol–water partition coefficient (Wildman–Crippen LogP) is 2.11. The Hall–Kier alpha value is -2.89. The maximum atomic E-state index is 12.3. The molecular formula is C18H18N4O2. The molecule has 0 saturated carbocycles. The fraction of sp³-hybridized carbons (Fsp3) is 0.278. The van der Waals surface area contributed by atoms with Crippen molar-refractivity contribution in [2.75, 3.05) is 13.1 Å². The van der Waals surface area contributed by atoms with Gasteiger partial charge in [-0.1, -0.05) is 18.2 Å². The van der Waals surface area contributed by atoms with Crippen molar-refractivity contribution in [2.24, 2.45) is 0 Å². The second-order valence-electron chi connectivity index (χ2n) is 5.91. The Bertz CT molecular complexity index is 847. The van der Waals surface area contributed by atoms with Crippen LogP contribution in [-0.2, 0) is 11.3 Å². The number of pyridine rings is 1. The van der Waals surface area contributed by atoms with E-state index in [4.69, 9.17) is 4.74 Å². The highest BCUT2D eigenvalue weighted by Gasteiger charge is 2.28. The number of aromatic nitrogens is 3. The molecule has 1 fully saturated rings. The molecule has 1 aliphatic rings. The van der Waals surface area contributed by atoms with Gasteiger partial charge in [-0.05, 0) is 18.2 Å². The van der Waals surface area contributed by atoms with Crippen LogP contribution in [0.5, 0.6) is 5.88 Å². The lowest BCUT2D eigenvalue weighted by Gasteiger charge is -2.17. The van der Waals surface area contributed by atoms with Gasteiger partial charge in [-0.3, -0.25) is 9.48 Å². The molecule has 0 radical (unpaired) electrons. The molecule has 0 bridgehead atoms. The van der Waals surface area contributed by atoms with E-state index < -0.39 is 0 Å². The van der Waals surface area contributed by atoms with Crippen LogP contribution in [-0.4, -0.2) is 44.8 Å². The summed E-state index contributed by atoms with van der Waals surface area (Å²) in [6.45, 7) is 1.57. The average Bonchev–Trinajstić information content (AvgIpc) is 3.27. The van der Waals surface area contributed by atoms with Crippen LogP contribution < -0.4 is 4.74 Å². The molecular weight excluding hydrogens is 304 g/mol. The summed E-state index contributed by atoms with van der Waals surface area (Å²) in [6, 6.07) is 13.7. The zero-order chi connectivity index (χ0) is 16.4. The standard InChI is InChI=1S/C18H18N4O2/c23-18(13-22-10-3-9-19-22)21-11-8-15(12-21)24-17-7-6-14-4-1-2-5-16(14)20-17/h1-7,9-10,15H,8,11-13H2. The van der Waals surface area contributed by atoms with Crippen molar-refractivity contribution in [3.63, 3.8) is 0 Å². The van der Waals surface area contributed by atoms with Gasteiger partial charge in [-0.2, -0.15) is 5.10 Å². The molecule has 1 unspecified atom stereocenters. The van der Waals surface area contributed by atoms with Crippen LogP contribution in [0.25, 0.3) is 10.9 Å². The van der Waals surface area contributed by atoms with Crippen LogP contribution in [0.2, 0.25) is 0 Å². The Morgan fingerprint density at radius 2 is 2.12 bits per heavy atom. The van der Waals surface area contributed by atoms with Gasteiger partial charge in [0.1, 0.15) is 12.6 Å². The largest absolute Gasteiger partial charge is 0.472 e. The van der Waals surface area contributed by atoms with Gasteiger partial charge in [-0.15, -0.1) is 0 Å². The molecule has 1 aliphatic heterocycles. The molecule has 0 spiro atoms. The molecule has 1 atom stereocenters. The molecule has 1 saturated heterocycles. The molecule has 1 aromatic carbocycles. The van der Waals surface area contributed by atoms with E-state index in [2.05, 4.69) is 10.1 Å². The van der Waals surface area contributed by atoms with E-state index in [0.717, 1.165) is 17.3 Å². The fourth-order valence-corrected chi connectivity index (χ4v) is 2.97. The van der Waals surface area contributed by atoms with Gasteiger partial charge in [0, 0.05) is 36.8 Å². The van der Waals surface area contributed by atoms with Crippen molar-refractivity contribution >= 4 is 16.8 Å². The molecule has 3 aromatic rings. The highest BCUT2D eigenvalue weighted by molar-refractivity contribution is 5.78. The molecule has 1 amide bonds. The molecule has 3 heterocycles. The number of hydrogen-bond acceptors (Lipinski definition) is 4. The maximum absolute atomic E-state index is 12.3. The van der Waals surface area contributed by atoms with E-state index in [9.17, 15) is 4.79 Å². The molecule has 4 rings (SSSR count). The molecule has 6 nitrogen and oxygen atoms in total. The van der Waals surface area contributed by atoms with Crippen molar-refractivity contribution in [3.8, 4) is 5.88 Å². The first kappa shape index (κ1) is 14.7.